The molecular weight excluding hydrogens is 615 g/mol. The first-order chi connectivity index (χ1) is 25.3. The monoisotopic (exact) mass is 645 g/mol. The molecule has 0 saturated heterocycles. The molecule has 0 saturated carbocycles. The van der Waals surface area contributed by atoms with E-state index >= 15 is 0 Å². The third-order valence-corrected chi connectivity index (χ3v) is 10.9. The molecule has 0 atom stereocenters. The molecule has 1 heteroatoms. The Morgan fingerprint density at radius 3 is 1.65 bits per heavy atom. The third-order valence-electron chi connectivity index (χ3n) is 10.9. The summed E-state index contributed by atoms with van der Waals surface area (Å²) >= 11 is 0. The van der Waals surface area contributed by atoms with Crippen LogP contribution in [0.1, 0.15) is 0 Å². The van der Waals surface area contributed by atoms with Crippen LogP contribution in [0.15, 0.2) is 188 Å². The van der Waals surface area contributed by atoms with E-state index in [1.54, 1.807) is 0 Å². The van der Waals surface area contributed by atoms with Crippen molar-refractivity contribution in [3.8, 4) is 27.9 Å². The van der Waals surface area contributed by atoms with Crippen LogP contribution in [0.2, 0.25) is 0 Å². The van der Waals surface area contributed by atoms with Crippen LogP contribution >= 0.6 is 0 Å². The maximum absolute atomic E-state index is 2.45. The normalized spacial score (nSPS) is 11.9. The predicted molar refractivity (Wildman–Crippen MR) is 219 cm³/mol. The Morgan fingerprint density at radius 1 is 0.294 bits per heavy atom. The van der Waals surface area contributed by atoms with Crippen LogP contribution < -0.4 is 0 Å². The summed E-state index contributed by atoms with van der Waals surface area (Å²) < 4.78 is 2.45. The lowest BCUT2D eigenvalue weighted by Gasteiger charge is -2.15. The van der Waals surface area contributed by atoms with E-state index in [1.165, 1.54) is 104 Å². The first kappa shape index (κ1) is 28.2. The van der Waals surface area contributed by atoms with Crippen molar-refractivity contribution in [3.05, 3.63) is 188 Å². The van der Waals surface area contributed by atoms with Gasteiger partial charge in [-0.3, -0.25) is 0 Å². The number of nitrogens with zero attached hydrogens (tertiary/aromatic N) is 1. The average Bonchev–Trinajstić information content (AvgIpc) is 3.55. The standard InChI is InChI=1S/C50H31N/c1-2-15-37(16-3-1)51-46-29-27-33-13-5-8-18-39(33)49(46)50-42-21-11-10-20-41(42)44(31-47(50)51)34-22-24-35(25-23-34)48-40-19-9-6-14-36(40)30-45-38-17-7-4-12-32(38)26-28-43(45)48/h1-31H. The lowest BCUT2D eigenvalue weighted by atomic mass is 9.88. The van der Waals surface area contributed by atoms with Crippen LogP contribution in [0.5, 0.6) is 0 Å². The van der Waals surface area contributed by atoms with Crippen molar-refractivity contribution in [2.24, 2.45) is 0 Å². The van der Waals surface area contributed by atoms with E-state index in [2.05, 4.69) is 193 Å². The van der Waals surface area contributed by atoms with Crippen molar-refractivity contribution in [1.29, 1.82) is 0 Å². The van der Waals surface area contributed by atoms with E-state index in [0.717, 1.165) is 0 Å². The lowest BCUT2D eigenvalue weighted by molar-refractivity contribution is 1.18. The lowest BCUT2D eigenvalue weighted by Crippen LogP contribution is -1.94. The molecule has 51 heavy (non-hydrogen) atoms. The zero-order chi connectivity index (χ0) is 33.5. The van der Waals surface area contributed by atoms with Crippen LogP contribution in [0.25, 0.3) is 104 Å². The van der Waals surface area contributed by atoms with Gasteiger partial charge in [-0.2, -0.15) is 0 Å². The number of aromatic nitrogens is 1. The number of hydrogen-bond donors (Lipinski definition) is 0. The fourth-order valence-electron chi connectivity index (χ4n) is 8.68. The van der Waals surface area contributed by atoms with E-state index in [0.29, 0.717) is 0 Å². The second-order valence-corrected chi connectivity index (χ2v) is 13.6. The molecule has 10 aromatic carbocycles. The fraction of sp³-hybridized carbons (Fsp3) is 0. The number of rotatable bonds is 3. The van der Waals surface area contributed by atoms with Gasteiger partial charge < -0.3 is 4.57 Å². The van der Waals surface area contributed by atoms with Crippen molar-refractivity contribution in [2.45, 2.75) is 0 Å². The number of benzene rings is 10. The third kappa shape index (κ3) is 4.16. The van der Waals surface area contributed by atoms with Gasteiger partial charge in [0.2, 0.25) is 0 Å². The van der Waals surface area contributed by atoms with Crippen LogP contribution in [0.3, 0.4) is 0 Å². The molecule has 0 N–H and O–H groups in total. The van der Waals surface area contributed by atoms with Crippen LogP contribution in [-0.4, -0.2) is 4.57 Å². The molecule has 0 spiro atoms. The number of para-hydroxylation sites is 1. The van der Waals surface area contributed by atoms with Crippen LogP contribution in [0.4, 0.5) is 0 Å². The Hall–Kier alpha value is -6.70. The molecule has 0 radical (unpaired) electrons. The molecule has 11 aromatic rings. The van der Waals surface area contributed by atoms with Crippen molar-refractivity contribution in [2.75, 3.05) is 0 Å². The Kier molecular flexibility index (Phi) is 6.02. The van der Waals surface area contributed by atoms with Gasteiger partial charge in [-0.05, 0) is 106 Å². The average molecular weight is 646 g/mol. The molecule has 0 bridgehead atoms. The molecule has 236 valence electrons. The second-order valence-electron chi connectivity index (χ2n) is 13.6. The van der Waals surface area contributed by atoms with Gasteiger partial charge in [0.15, 0.2) is 0 Å². The minimum Gasteiger partial charge on any atom is -0.309 e. The summed E-state index contributed by atoms with van der Waals surface area (Å²) in [4.78, 5) is 0. The molecule has 0 fully saturated rings. The highest BCUT2D eigenvalue weighted by atomic mass is 15.0. The summed E-state index contributed by atoms with van der Waals surface area (Å²) in [6.07, 6.45) is 0. The largest absolute Gasteiger partial charge is 0.309 e. The van der Waals surface area contributed by atoms with Gasteiger partial charge in [0, 0.05) is 16.5 Å². The zero-order valence-corrected chi connectivity index (χ0v) is 27.8. The van der Waals surface area contributed by atoms with E-state index in [9.17, 15) is 0 Å². The summed E-state index contributed by atoms with van der Waals surface area (Å²) in [6.45, 7) is 0. The van der Waals surface area contributed by atoms with Crippen molar-refractivity contribution in [1.82, 2.24) is 4.57 Å². The summed E-state index contributed by atoms with van der Waals surface area (Å²) in [6, 6.07) is 69.3. The van der Waals surface area contributed by atoms with Crippen molar-refractivity contribution in [3.63, 3.8) is 0 Å². The van der Waals surface area contributed by atoms with Crippen LogP contribution in [0, 0.1) is 0 Å². The molecule has 11 rings (SSSR count). The first-order valence-electron chi connectivity index (χ1n) is 17.7. The highest BCUT2D eigenvalue weighted by molar-refractivity contribution is 6.30. The van der Waals surface area contributed by atoms with Gasteiger partial charge in [0.1, 0.15) is 0 Å². The van der Waals surface area contributed by atoms with Crippen molar-refractivity contribution < 1.29 is 0 Å². The van der Waals surface area contributed by atoms with Gasteiger partial charge in [-0.15, -0.1) is 0 Å². The quantitative estimate of drug-likeness (QED) is 0.133. The van der Waals surface area contributed by atoms with Crippen LogP contribution in [-0.2, 0) is 0 Å². The van der Waals surface area contributed by atoms with Gasteiger partial charge in [0.25, 0.3) is 0 Å². The van der Waals surface area contributed by atoms with E-state index in [1.807, 2.05) is 0 Å². The van der Waals surface area contributed by atoms with Gasteiger partial charge >= 0.3 is 0 Å². The Labute approximate surface area is 295 Å². The topological polar surface area (TPSA) is 4.93 Å². The second kappa shape index (κ2) is 10.9. The molecule has 0 aliphatic heterocycles. The zero-order valence-electron chi connectivity index (χ0n) is 27.8. The molecule has 0 amide bonds. The highest BCUT2D eigenvalue weighted by Gasteiger charge is 2.20. The van der Waals surface area contributed by atoms with Gasteiger partial charge in [0.05, 0.1) is 11.0 Å². The molecule has 1 aromatic heterocycles. The Bertz CT molecular complexity index is 3170. The smallest absolute Gasteiger partial charge is 0.0553 e. The van der Waals surface area contributed by atoms with E-state index in [-0.39, 0.29) is 0 Å². The maximum atomic E-state index is 2.45. The minimum atomic E-state index is 1.17. The Balaban J connectivity index is 1.18. The predicted octanol–water partition coefficient (Wildman–Crippen LogP) is 13.9. The Morgan fingerprint density at radius 2 is 0.863 bits per heavy atom. The highest BCUT2D eigenvalue weighted by Crippen LogP contribution is 2.45. The SMILES string of the molecule is c1ccc(-n2c3ccc4ccccc4c3c3c4ccccc4c(-c4ccc(-c5c6ccccc6cc6c5ccc5ccccc56)cc4)cc32)cc1. The molecule has 0 unspecified atom stereocenters. The molecule has 1 heterocycles. The first-order valence-corrected chi connectivity index (χ1v) is 17.7. The molecule has 1 nitrogen and oxygen atoms in total. The molecular formula is C50H31N. The minimum absolute atomic E-state index is 1.17. The van der Waals surface area contributed by atoms with Crippen molar-refractivity contribution >= 4 is 75.7 Å². The fourth-order valence-corrected chi connectivity index (χ4v) is 8.68. The number of hydrogen-bond acceptors (Lipinski definition) is 0. The maximum Gasteiger partial charge on any atom is 0.0553 e. The molecule has 0 aliphatic rings. The summed E-state index contributed by atoms with van der Waals surface area (Å²) in [5.41, 5.74) is 8.58. The summed E-state index contributed by atoms with van der Waals surface area (Å²) in [5, 5.41) is 15.4. The van der Waals surface area contributed by atoms with E-state index < -0.39 is 0 Å². The summed E-state index contributed by atoms with van der Waals surface area (Å²) in [7, 11) is 0. The van der Waals surface area contributed by atoms with Gasteiger partial charge in [-0.1, -0.05) is 158 Å². The molecule has 0 aliphatic carbocycles. The summed E-state index contributed by atoms with van der Waals surface area (Å²) in [5.74, 6) is 0. The van der Waals surface area contributed by atoms with E-state index in [4.69, 9.17) is 0 Å². The van der Waals surface area contributed by atoms with Gasteiger partial charge in [-0.25, -0.2) is 0 Å². The number of fused-ring (bicyclic) bond motifs is 11.